The Morgan fingerprint density at radius 3 is 2.72 bits per heavy atom. The second-order valence-corrected chi connectivity index (χ2v) is 9.19. The molecule has 0 saturated carbocycles. The molecule has 9 heteroatoms. The quantitative estimate of drug-likeness (QED) is 0.337. The Bertz CT molecular complexity index is 1140. The minimum Gasteiger partial charge on any atom is -0.380 e. The zero-order valence-electron chi connectivity index (χ0n) is 18.1. The number of anilines is 1. The number of nitrogens with one attached hydrogen (secondary N) is 1. The number of halogens is 1. The lowest BCUT2D eigenvalue weighted by Gasteiger charge is -2.06. The molecule has 0 bridgehead atoms. The van der Waals surface area contributed by atoms with Crippen molar-refractivity contribution in [1.29, 1.82) is 0 Å². The van der Waals surface area contributed by atoms with Gasteiger partial charge in [-0.3, -0.25) is 9.59 Å². The number of nitrogens with zero attached hydrogens (tertiary/aromatic N) is 2. The number of ether oxygens (including phenoxy) is 1. The molecular formula is C23H26FN3O3S2. The van der Waals surface area contributed by atoms with E-state index < -0.39 is 0 Å². The van der Waals surface area contributed by atoms with Gasteiger partial charge in [0.15, 0.2) is 4.80 Å². The van der Waals surface area contributed by atoms with Crippen molar-refractivity contribution in [2.24, 2.45) is 4.99 Å². The van der Waals surface area contributed by atoms with Gasteiger partial charge in [-0.15, -0.1) is 11.8 Å². The SMILES string of the molecule is CCOCCn1c(=NC(=O)CCCSc2ccc(F)cc2)sc2cc(NC(C)=O)ccc21. The van der Waals surface area contributed by atoms with Crippen LogP contribution in [0, 0.1) is 5.82 Å². The van der Waals surface area contributed by atoms with Crippen molar-refractivity contribution in [3.05, 3.63) is 53.1 Å². The van der Waals surface area contributed by atoms with Gasteiger partial charge in [-0.25, -0.2) is 4.39 Å². The minimum atomic E-state index is -0.256. The molecule has 1 heterocycles. The van der Waals surface area contributed by atoms with Crippen molar-refractivity contribution >= 4 is 50.8 Å². The standard InChI is InChI=1S/C23H26FN3O3S2/c1-3-30-13-12-27-20-11-8-18(25-16(2)28)15-21(20)32-23(27)26-22(29)5-4-14-31-19-9-6-17(24)7-10-19/h6-11,15H,3-5,12-14H2,1-2H3,(H,25,28). The molecule has 0 radical (unpaired) electrons. The van der Waals surface area contributed by atoms with E-state index in [0.29, 0.717) is 43.1 Å². The van der Waals surface area contributed by atoms with Gasteiger partial charge in [-0.05, 0) is 61.6 Å². The fraction of sp³-hybridized carbons (Fsp3) is 0.348. The van der Waals surface area contributed by atoms with Gasteiger partial charge in [0.1, 0.15) is 5.82 Å². The highest BCUT2D eigenvalue weighted by Gasteiger charge is 2.10. The van der Waals surface area contributed by atoms with Gasteiger partial charge in [0.05, 0.1) is 16.8 Å². The number of benzene rings is 2. The van der Waals surface area contributed by atoms with Gasteiger partial charge in [-0.2, -0.15) is 4.99 Å². The normalized spacial score (nSPS) is 11.8. The van der Waals surface area contributed by atoms with E-state index in [9.17, 15) is 14.0 Å². The molecule has 3 aromatic rings. The van der Waals surface area contributed by atoms with Crippen molar-refractivity contribution in [1.82, 2.24) is 4.57 Å². The summed E-state index contributed by atoms with van der Waals surface area (Å²) in [4.78, 5) is 29.8. The van der Waals surface area contributed by atoms with Crippen molar-refractivity contribution < 1.29 is 18.7 Å². The maximum Gasteiger partial charge on any atom is 0.248 e. The van der Waals surface area contributed by atoms with Gasteiger partial charge >= 0.3 is 0 Å². The van der Waals surface area contributed by atoms with E-state index in [2.05, 4.69) is 10.3 Å². The number of aromatic nitrogens is 1. The minimum absolute atomic E-state index is 0.135. The van der Waals surface area contributed by atoms with E-state index in [1.807, 2.05) is 29.7 Å². The van der Waals surface area contributed by atoms with E-state index in [1.165, 1.54) is 30.4 Å². The molecule has 32 heavy (non-hydrogen) atoms. The summed E-state index contributed by atoms with van der Waals surface area (Å²) in [6, 6.07) is 12.0. The number of hydrogen-bond donors (Lipinski definition) is 1. The Morgan fingerprint density at radius 1 is 1.22 bits per heavy atom. The molecule has 0 fully saturated rings. The van der Waals surface area contributed by atoms with Crippen LogP contribution < -0.4 is 10.1 Å². The number of thiazole rings is 1. The molecule has 1 aromatic heterocycles. The summed E-state index contributed by atoms with van der Waals surface area (Å²) in [6.07, 6.45) is 1.02. The Labute approximate surface area is 194 Å². The number of hydrogen-bond acceptors (Lipinski definition) is 5. The second kappa shape index (κ2) is 11.9. The summed E-state index contributed by atoms with van der Waals surface area (Å²) in [7, 11) is 0. The number of thioether (sulfide) groups is 1. The zero-order valence-corrected chi connectivity index (χ0v) is 19.7. The van der Waals surface area contributed by atoms with Crippen LogP contribution in [0.1, 0.15) is 26.7 Å². The van der Waals surface area contributed by atoms with Crippen LogP contribution in [0.3, 0.4) is 0 Å². The number of carbonyl (C=O) groups excluding carboxylic acids is 2. The molecule has 0 aliphatic rings. The average Bonchev–Trinajstić information content (AvgIpc) is 3.08. The highest BCUT2D eigenvalue weighted by molar-refractivity contribution is 7.99. The topological polar surface area (TPSA) is 72.7 Å². The number of carbonyl (C=O) groups is 2. The van der Waals surface area contributed by atoms with E-state index >= 15 is 0 Å². The predicted molar refractivity (Wildman–Crippen MR) is 128 cm³/mol. The molecule has 0 aliphatic heterocycles. The Morgan fingerprint density at radius 2 is 2.00 bits per heavy atom. The van der Waals surface area contributed by atoms with Gasteiger partial charge < -0.3 is 14.6 Å². The largest absolute Gasteiger partial charge is 0.380 e. The predicted octanol–water partition coefficient (Wildman–Crippen LogP) is 4.84. The third kappa shape index (κ3) is 7.01. The average molecular weight is 476 g/mol. The number of rotatable bonds is 10. The fourth-order valence-corrected chi connectivity index (χ4v) is 5.03. The summed E-state index contributed by atoms with van der Waals surface area (Å²) in [6.45, 7) is 5.13. The third-order valence-corrected chi connectivity index (χ3v) is 6.64. The molecule has 0 saturated heterocycles. The fourth-order valence-electron chi connectivity index (χ4n) is 3.06. The van der Waals surface area contributed by atoms with Crippen molar-refractivity contribution in [3.63, 3.8) is 0 Å². The molecule has 0 unspecified atom stereocenters. The van der Waals surface area contributed by atoms with Crippen LogP contribution in [-0.2, 0) is 20.9 Å². The van der Waals surface area contributed by atoms with E-state index in [-0.39, 0.29) is 17.6 Å². The van der Waals surface area contributed by atoms with E-state index in [0.717, 1.165) is 20.9 Å². The molecule has 2 amide bonds. The summed E-state index contributed by atoms with van der Waals surface area (Å²) in [5, 5.41) is 2.78. The van der Waals surface area contributed by atoms with E-state index in [4.69, 9.17) is 4.74 Å². The lowest BCUT2D eigenvalue weighted by Crippen LogP contribution is -2.19. The summed E-state index contributed by atoms with van der Waals surface area (Å²) in [5.41, 5.74) is 1.65. The summed E-state index contributed by atoms with van der Waals surface area (Å²) in [5.74, 6) is 0.185. The Balaban J connectivity index is 1.71. The molecule has 0 spiro atoms. The third-order valence-electron chi connectivity index (χ3n) is 4.50. The zero-order chi connectivity index (χ0) is 22.9. The molecule has 1 N–H and O–H groups in total. The lowest BCUT2D eigenvalue weighted by molar-refractivity contribution is -0.118. The van der Waals surface area contributed by atoms with Gasteiger partial charge in [0.2, 0.25) is 11.8 Å². The summed E-state index contributed by atoms with van der Waals surface area (Å²) < 4.78 is 21.4. The molecule has 6 nitrogen and oxygen atoms in total. The van der Waals surface area contributed by atoms with Gasteiger partial charge in [0.25, 0.3) is 0 Å². The second-order valence-electron chi connectivity index (χ2n) is 7.01. The first-order chi connectivity index (χ1) is 15.5. The molecule has 2 aromatic carbocycles. The monoisotopic (exact) mass is 475 g/mol. The van der Waals surface area contributed by atoms with Crippen LogP contribution in [0.2, 0.25) is 0 Å². The first-order valence-corrected chi connectivity index (χ1v) is 12.2. The molecule has 3 rings (SSSR count). The molecular weight excluding hydrogens is 449 g/mol. The Hall–Kier alpha value is -2.49. The van der Waals surface area contributed by atoms with E-state index in [1.54, 1.807) is 23.9 Å². The molecule has 0 aliphatic carbocycles. The first kappa shape index (κ1) is 24.2. The van der Waals surface area contributed by atoms with Crippen LogP contribution in [0.4, 0.5) is 10.1 Å². The maximum absolute atomic E-state index is 13.0. The maximum atomic E-state index is 13.0. The smallest absolute Gasteiger partial charge is 0.248 e. The Kier molecular flexibility index (Phi) is 9.01. The first-order valence-electron chi connectivity index (χ1n) is 10.4. The van der Waals surface area contributed by atoms with Crippen LogP contribution in [0.5, 0.6) is 0 Å². The van der Waals surface area contributed by atoms with Crippen molar-refractivity contribution in [3.8, 4) is 0 Å². The van der Waals surface area contributed by atoms with Gasteiger partial charge in [0, 0.05) is 37.1 Å². The van der Waals surface area contributed by atoms with Crippen LogP contribution in [-0.4, -0.2) is 35.3 Å². The highest BCUT2D eigenvalue weighted by atomic mass is 32.2. The lowest BCUT2D eigenvalue weighted by atomic mass is 10.3. The molecule has 170 valence electrons. The highest BCUT2D eigenvalue weighted by Crippen LogP contribution is 2.22. The number of fused-ring (bicyclic) bond motifs is 1. The van der Waals surface area contributed by atoms with Crippen LogP contribution in [0.25, 0.3) is 10.2 Å². The van der Waals surface area contributed by atoms with Gasteiger partial charge in [-0.1, -0.05) is 11.3 Å². The van der Waals surface area contributed by atoms with Crippen LogP contribution in [0.15, 0.2) is 52.4 Å². The molecule has 0 atom stereocenters. The summed E-state index contributed by atoms with van der Waals surface area (Å²) >= 11 is 3.01. The van der Waals surface area contributed by atoms with Crippen LogP contribution >= 0.6 is 23.1 Å². The number of amides is 2. The van der Waals surface area contributed by atoms with Crippen molar-refractivity contribution in [2.45, 2.75) is 38.1 Å². The van der Waals surface area contributed by atoms with Crippen molar-refractivity contribution in [2.75, 3.05) is 24.3 Å².